The van der Waals surface area contributed by atoms with Gasteiger partial charge < -0.3 is 5.73 Å². The van der Waals surface area contributed by atoms with Gasteiger partial charge in [0.25, 0.3) is 0 Å². The van der Waals surface area contributed by atoms with Crippen LogP contribution < -0.4 is 5.73 Å². The van der Waals surface area contributed by atoms with E-state index in [2.05, 4.69) is 4.98 Å². The van der Waals surface area contributed by atoms with E-state index in [1.54, 1.807) is 18.3 Å². The number of aromatic nitrogens is 1. The zero-order chi connectivity index (χ0) is 13.2. The van der Waals surface area contributed by atoms with Crippen LogP contribution >= 0.6 is 0 Å². The molecule has 2 N–H and O–H groups in total. The van der Waals surface area contributed by atoms with Crippen molar-refractivity contribution < 1.29 is 13.2 Å². The SMILES string of the molecule is Nc1cc(C(F)(F)F)ccc1Cc1ccccn1. The standard InChI is InChI=1S/C13H11F3N2/c14-13(15,16)10-5-4-9(12(17)8-10)7-11-3-1-2-6-18-11/h1-6,8H,7,17H2. The van der Waals surface area contributed by atoms with Crippen LogP contribution in [0.1, 0.15) is 16.8 Å². The maximum Gasteiger partial charge on any atom is 0.416 e. The van der Waals surface area contributed by atoms with Crippen molar-refractivity contribution in [2.75, 3.05) is 5.73 Å². The molecule has 0 bridgehead atoms. The van der Waals surface area contributed by atoms with Crippen molar-refractivity contribution in [3.8, 4) is 0 Å². The number of nitrogens with zero attached hydrogens (tertiary/aromatic N) is 1. The van der Waals surface area contributed by atoms with Crippen LogP contribution in [0.5, 0.6) is 0 Å². The first kappa shape index (κ1) is 12.4. The molecule has 0 saturated carbocycles. The molecular weight excluding hydrogens is 241 g/mol. The van der Waals surface area contributed by atoms with E-state index in [1.165, 1.54) is 6.07 Å². The van der Waals surface area contributed by atoms with Gasteiger partial charge in [0.2, 0.25) is 0 Å². The van der Waals surface area contributed by atoms with Gasteiger partial charge in [-0.1, -0.05) is 12.1 Å². The molecule has 94 valence electrons. The van der Waals surface area contributed by atoms with Crippen molar-refractivity contribution in [1.82, 2.24) is 4.98 Å². The lowest BCUT2D eigenvalue weighted by atomic mass is 10.0. The number of pyridine rings is 1. The Morgan fingerprint density at radius 2 is 1.89 bits per heavy atom. The number of halogens is 3. The summed E-state index contributed by atoms with van der Waals surface area (Å²) >= 11 is 0. The second-order valence-corrected chi connectivity index (χ2v) is 3.91. The van der Waals surface area contributed by atoms with E-state index in [1.807, 2.05) is 6.07 Å². The van der Waals surface area contributed by atoms with Crippen LogP contribution in [0.2, 0.25) is 0 Å². The highest BCUT2D eigenvalue weighted by Crippen LogP contribution is 2.31. The van der Waals surface area contributed by atoms with Crippen LogP contribution in [0.3, 0.4) is 0 Å². The lowest BCUT2D eigenvalue weighted by Gasteiger charge is -2.10. The van der Waals surface area contributed by atoms with Crippen molar-refractivity contribution in [2.45, 2.75) is 12.6 Å². The zero-order valence-electron chi connectivity index (χ0n) is 9.41. The van der Waals surface area contributed by atoms with Gasteiger partial charge in [-0.2, -0.15) is 13.2 Å². The molecule has 0 aliphatic rings. The molecule has 5 heteroatoms. The fourth-order valence-electron chi connectivity index (χ4n) is 1.63. The summed E-state index contributed by atoms with van der Waals surface area (Å²) < 4.78 is 37.4. The Labute approximate surface area is 102 Å². The summed E-state index contributed by atoms with van der Waals surface area (Å²) in [6, 6.07) is 8.79. The van der Waals surface area contributed by atoms with Crippen molar-refractivity contribution in [3.05, 3.63) is 59.4 Å². The van der Waals surface area contributed by atoms with Crippen molar-refractivity contribution in [1.29, 1.82) is 0 Å². The topological polar surface area (TPSA) is 38.9 Å². The van der Waals surface area contributed by atoms with Crippen LogP contribution in [-0.2, 0) is 12.6 Å². The summed E-state index contributed by atoms with van der Waals surface area (Å²) in [5.41, 5.74) is 6.45. The van der Waals surface area contributed by atoms with E-state index in [0.29, 0.717) is 12.0 Å². The number of anilines is 1. The summed E-state index contributed by atoms with van der Waals surface area (Å²) in [7, 11) is 0. The molecule has 0 spiro atoms. The summed E-state index contributed by atoms with van der Waals surface area (Å²) in [6.45, 7) is 0. The Morgan fingerprint density at radius 1 is 1.11 bits per heavy atom. The predicted octanol–water partition coefficient (Wildman–Crippen LogP) is 3.27. The van der Waals surface area contributed by atoms with Gasteiger partial charge in [0.05, 0.1) is 5.56 Å². The average molecular weight is 252 g/mol. The van der Waals surface area contributed by atoms with Gasteiger partial charge in [0, 0.05) is 24.0 Å². The lowest BCUT2D eigenvalue weighted by molar-refractivity contribution is -0.137. The van der Waals surface area contributed by atoms with Gasteiger partial charge >= 0.3 is 6.18 Å². The fourth-order valence-corrected chi connectivity index (χ4v) is 1.63. The molecule has 2 aromatic rings. The summed E-state index contributed by atoms with van der Waals surface area (Å²) in [4.78, 5) is 4.11. The molecule has 0 aliphatic heterocycles. The third kappa shape index (κ3) is 2.80. The molecule has 2 nitrogen and oxygen atoms in total. The van der Waals surface area contributed by atoms with Gasteiger partial charge in [-0.25, -0.2) is 0 Å². The third-order valence-corrected chi connectivity index (χ3v) is 2.57. The fraction of sp³-hybridized carbons (Fsp3) is 0.154. The normalized spacial score (nSPS) is 11.5. The van der Waals surface area contributed by atoms with E-state index in [4.69, 9.17) is 5.73 Å². The molecule has 0 amide bonds. The molecule has 1 aromatic heterocycles. The molecule has 1 aromatic carbocycles. The van der Waals surface area contributed by atoms with Gasteiger partial charge in [-0.05, 0) is 29.8 Å². The van der Waals surface area contributed by atoms with Gasteiger partial charge in [-0.15, -0.1) is 0 Å². The molecule has 0 unspecified atom stereocenters. The summed E-state index contributed by atoms with van der Waals surface area (Å²) in [6.07, 6.45) is -2.31. The minimum absolute atomic E-state index is 0.135. The number of nitrogens with two attached hydrogens (primary N) is 1. The molecule has 0 aliphatic carbocycles. The molecule has 0 fully saturated rings. The highest BCUT2D eigenvalue weighted by Gasteiger charge is 2.30. The molecule has 2 rings (SSSR count). The number of nitrogen functional groups attached to an aromatic ring is 1. The number of hydrogen-bond donors (Lipinski definition) is 1. The van der Waals surface area contributed by atoms with Crippen molar-refractivity contribution in [2.24, 2.45) is 0 Å². The van der Waals surface area contributed by atoms with E-state index in [0.717, 1.165) is 17.8 Å². The second kappa shape index (κ2) is 4.68. The first-order chi connectivity index (χ1) is 8.47. The van der Waals surface area contributed by atoms with Crippen LogP contribution in [0.15, 0.2) is 42.6 Å². The minimum Gasteiger partial charge on any atom is -0.398 e. The molecule has 18 heavy (non-hydrogen) atoms. The van der Waals surface area contributed by atoms with Crippen LogP contribution in [0.25, 0.3) is 0 Å². The van der Waals surface area contributed by atoms with E-state index in [-0.39, 0.29) is 5.69 Å². The van der Waals surface area contributed by atoms with Gasteiger partial charge in [0.1, 0.15) is 0 Å². The Hall–Kier alpha value is -2.04. The van der Waals surface area contributed by atoms with E-state index in [9.17, 15) is 13.2 Å². The first-order valence-electron chi connectivity index (χ1n) is 5.32. The van der Waals surface area contributed by atoms with E-state index >= 15 is 0 Å². The molecule has 1 heterocycles. The molecular formula is C13H11F3N2. The van der Waals surface area contributed by atoms with Gasteiger partial charge in [-0.3, -0.25) is 4.98 Å². The molecule has 0 atom stereocenters. The highest BCUT2D eigenvalue weighted by molar-refractivity contribution is 5.51. The number of hydrogen-bond acceptors (Lipinski definition) is 2. The summed E-state index contributed by atoms with van der Waals surface area (Å²) in [5.74, 6) is 0. The Morgan fingerprint density at radius 3 is 2.44 bits per heavy atom. The smallest absolute Gasteiger partial charge is 0.398 e. The summed E-state index contributed by atoms with van der Waals surface area (Å²) in [5, 5.41) is 0. The number of benzene rings is 1. The van der Waals surface area contributed by atoms with Crippen molar-refractivity contribution in [3.63, 3.8) is 0 Å². The number of rotatable bonds is 2. The lowest BCUT2D eigenvalue weighted by Crippen LogP contribution is -2.07. The molecule has 0 saturated heterocycles. The van der Waals surface area contributed by atoms with Gasteiger partial charge in [0.15, 0.2) is 0 Å². The van der Waals surface area contributed by atoms with E-state index < -0.39 is 11.7 Å². The number of alkyl halides is 3. The quantitative estimate of drug-likeness (QED) is 0.833. The Kier molecular flexibility index (Phi) is 3.23. The Balaban J connectivity index is 2.26. The minimum atomic E-state index is -4.36. The van der Waals surface area contributed by atoms with Crippen LogP contribution in [-0.4, -0.2) is 4.98 Å². The second-order valence-electron chi connectivity index (χ2n) is 3.91. The third-order valence-electron chi connectivity index (χ3n) is 2.57. The average Bonchev–Trinajstić information content (AvgIpc) is 2.32. The van der Waals surface area contributed by atoms with Crippen LogP contribution in [0, 0.1) is 0 Å². The Bertz CT molecular complexity index is 536. The largest absolute Gasteiger partial charge is 0.416 e. The first-order valence-corrected chi connectivity index (χ1v) is 5.32. The van der Waals surface area contributed by atoms with Crippen molar-refractivity contribution >= 4 is 5.69 Å². The van der Waals surface area contributed by atoms with Crippen LogP contribution in [0.4, 0.5) is 18.9 Å². The predicted molar refractivity (Wildman–Crippen MR) is 62.9 cm³/mol. The highest BCUT2D eigenvalue weighted by atomic mass is 19.4. The maximum atomic E-state index is 12.5. The molecule has 0 radical (unpaired) electrons. The maximum absolute atomic E-state index is 12.5. The zero-order valence-corrected chi connectivity index (χ0v) is 9.41. The monoisotopic (exact) mass is 252 g/mol.